The van der Waals surface area contributed by atoms with Crippen LogP contribution >= 0.6 is 15.9 Å². The van der Waals surface area contributed by atoms with Crippen molar-refractivity contribution in [3.8, 4) is 6.07 Å². The minimum Gasteiger partial charge on any atom is -0.394 e. The van der Waals surface area contributed by atoms with E-state index < -0.39 is 0 Å². The lowest BCUT2D eigenvalue weighted by Crippen LogP contribution is -2.54. The van der Waals surface area contributed by atoms with E-state index in [0.717, 1.165) is 10.2 Å². The Hall–Kier alpha value is -1.09. The van der Waals surface area contributed by atoms with E-state index in [0.29, 0.717) is 18.7 Å². The molecule has 1 unspecified atom stereocenters. The first-order valence-corrected chi connectivity index (χ1v) is 6.98. The zero-order valence-corrected chi connectivity index (χ0v) is 12.6. The minimum absolute atomic E-state index is 0.0180. The van der Waals surface area contributed by atoms with E-state index in [1.165, 1.54) is 0 Å². The summed E-state index contributed by atoms with van der Waals surface area (Å²) >= 11 is 3.40. The molecule has 1 aliphatic heterocycles. The molecule has 0 radical (unpaired) electrons. The van der Waals surface area contributed by atoms with Crippen LogP contribution in [0.2, 0.25) is 0 Å². The third-order valence-electron chi connectivity index (χ3n) is 3.13. The minimum atomic E-state index is -0.347. The van der Waals surface area contributed by atoms with Gasteiger partial charge in [0.2, 0.25) is 0 Å². The number of hydrogen-bond donors (Lipinski definition) is 1. The summed E-state index contributed by atoms with van der Waals surface area (Å²) in [6.45, 7) is 5.24. The number of ether oxygens (including phenoxy) is 1. The summed E-state index contributed by atoms with van der Waals surface area (Å²) in [6.07, 6.45) is -0.228. The van der Waals surface area contributed by atoms with Crippen LogP contribution in [0.4, 0.5) is 5.69 Å². The predicted molar refractivity (Wildman–Crippen MR) is 77.1 cm³/mol. The topological polar surface area (TPSA) is 56.5 Å². The molecular formula is C14H17BrN2O2. The number of halogens is 1. The second kappa shape index (κ2) is 5.49. The van der Waals surface area contributed by atoms with E-state index in [1.54, 1.807) is 0 Å². The lowest BCUT2D eigenvalue weighted by molar-refractivity contribution is -0.101. The predicted octanol–water partition coefficient (Wildman–Crippen LogP) is 2.30. The van der Waals surface area contributed by atoms with Crippen LogP contribution < -0.4 is 4.90 Å². The normalized spacial score (nSPS) is 22.1. The summed E-state index contributed by atoms with van der Waals surface area (Å²) in [5, 5.41) is 18.6. The average Bonchev–Trinajstić information content (AvgIpc) is 2.36. The highest BCUT2D eigenvalue weighted by molar-refractivity contribution is 9.10. The van der Waals surface area contributed by atoms with E-state index >= 15 is 0 Å². The highest BCUT2D eigenvalue weighted by atomic mass is 79.9. The fourth-order valence-electron chi connectivity index (χ4n) is 2.46. The molecule has 1 aromatic carbocycles. The quantitative estimate of drug-likeness (QED) is 0.906. The molecule has 2 rings (SSSR count). The Balaban J connectivity index is 2.36. The molecule has 4 nitrogen and oxygen atoms in total. The molecule has 1 aromatic rings. The number of nitriles is 1. The van der Waals surface area contributed by atoms with Crippen LogP contribution in [0.3, 0.4) is 0 Å². The maximum Gasteiger partial charge on any atom is 0.103 e. The summed E-state index contributed by atoms with van der Waals surface area (Å²) in [7, 11) is 0. The van der Waals surface area contributed by atoms with Gasteiger partial charge in [0, 0.05) is 17.6 Å². The summed E-state index contributed by atoms with van der Waals surface area (Å²) in [5.41, 5.74) is 1.16. The smallest absolute Gasteiger partial charge is 0.103 e. The number of benzene rings is 1. The largest absolute Gasteiger partial charge is 0.394 e. The van der Waals surface area contributed by atoms with Gasteiger partial charge >= 0.3 is 0 Å². The molecule has 1 heterocycles. The molecule has 0 amide bonds. The first-order chi connectivity index (χ1) is 8.96. The fourth-order valence-corrected chi connectivity index (χ4v) is 2.91. The van der Waals surface area contributed by atoms with Crippen LogP contribution in [-0.4, -0.2) is 36.5 Å². The van der Waals surface area contributed by atoms with Crippen molar-refractivity contribution >= 4 is 21.6 Å². The SMILES string of the molecule is CC1(C)CN(c2cccc(Br)c2C#N)CC(CO)O1. The van der Waals surface area contributed by atoms with E-state index in [2.05, 4.69) is 26.9 Å². The van der Waals surface area contributed by atoms with E-state index in [1.807, 2.05) is 32.0 Å². The fraction of sp³-hybridized carbons (Fsp3) is 0.500. The number of nitrogens with zero attached hydrogens (tertiary/aromatic N) is 2. The van der Waals surface area contributed by atoms with Crippen molar-refractivity contribution in [3.05, 3.63) is 28.2 Å². The molecule has 102 valence electrons. The average molecular weight is 325 g/mol. The Bertz CT molecular complexity index is 511. The molecule has 5 heteroatoms. The molecule has 1 aliphatic rings. The highest BCUT2D eigenvalue weighted by Crippen LogP contribution is 2.31. The van der Waals surface area contributed by atoms with Gasteiger partial charge in [-0.05, 0) is 41.9 Å². The second-order valence-electron chi connectivity index (χ2n) is 5.31. The van der Waals surface area contributed by atoms with Gasteiger partial charge in [-0.25, -0.2) is 0 Å². The van der Waals surface area contributed by atoms with E-state index in [-0.39, 0.29) is 18.3 Å². The van der Waals surface area contributed by atoms with Gasteiger partial charge in [0.25, 0.3) is 0 Å². The van der Waals surface area contributed by atoms with E-state index in [4.69, 9.17) is 4.74 Å². The summed E-state index contributed by atoms with van der Waals surface area (Å²) < 4.78 is 6.58. The first kappa shape index (κ1) is 14.3. The lowest BCUT2D eigenvalue weighted by Gasteiger charge is -2.43. The molecule has 0 saturated carbocycles. The van der Waals surface area contributed by atoms with Crippen molar-refractivity contribution in [1.82, 2.24) is 0 Å². The van der Waals surface area contributed by atoms with E-state index in [9.17, 15) is 10.4 Å². The number of morpholine rings is 1. The van der Waals surface area contributed by atoms with Gasteiger partial charge < -0.3 is 14.7 Å². The maximum atomic E-state index is 9.34. The van der Waals surface area contributed by atoms with Crippen molar-refractivity contribution < 1.29 is 9.84 Å². The van der Waals surface area contributed by atoms with Gasteiger partial charge in [-0.1, -0.05) is 6.07 Å². The molecule has 19 heavy (non-hydrogen) atoms. The maximum absolute atomic E-state index is 9.34. The van der Waals surface area contributed by atoms with Crippen molar-refractivity contribution in [1.29, 1.82) is 5.26 Å². The summed E-state index contributed by atoms with van der Waals surface area (Å²) in [5.74, 6) is 0. The van der Waals surface area contributed by atoms with Crippen LogP contribution in [0, 0.1) is 11.3 Å². The van der Waals surface area contributed by atoms with Crippen molar-refractivity contribution in [3.63, 3.8) is 0 Å². The van der Waals surface area contributed by atoms with Crippen LogP contribution in [0.1, 0.15) is 19.4 Å². The summed E-state index contributed by atoms with van der Waals surface area (Å²) in [4.78, 5) is 2.10. The van der Waals surface area contributed by atoms with Crippen LogP contribution in [0.5, 0.6) is 0 Å². The van der Waals surface area contributed by atoms with Crippen LogP contribution in [-0.2, 0) is 4.74 Å². The van der Waals surface area contributed by atoms with Gasteiger partial charge in [0.05, 0.1) is 29.6 Å². The Kier molecular flexibility index (Phi) is 4.14. The number of aliphatic hydroxyl groups excluding tert-OH is 1. The molecule has 1 N–H and O–H groups in total. The van der Waals surface area contributed by atoms with Gasteiger partial charge in [0.15, 0.2) is 0 Å². The number of rotatable bonds is 2. The number of hydrogen-bond acceptors (Lipinski definition) is 4. The monoisotopic (exact) mass is 324 g/mol. The standard InChI is InChI=1S/C14H17BrN2O2/c1-14(2)9-17(7-10(8-18)19-14)13-5-3-4-12(15)11(13)6-16/h3-5,10,18H,7-9H2,1-2H3. The molecule has 0 aliphatic carbocycles. The zero-order chi connectivity index (χ0) is 14.0. The molecule has 1 fully saturated rings. The van der Waals surface area contributed by atoms with Crippen LogP contribution in [0.25, 0.3) is 0 Å². The molecule has 1 saturated heterocycles. The van der Waals surface area contributed by atoms with Crippen molar-refractivity contribution in [2.45, 2.75) is 25.6 Å². The van der Waals surface area contributed by atoms with Gasteiger partial charge in [0.1, 0.15) is 6.07 Å². The number of aliphatic hydroxyl groups is 1. The van der Waals surface area contributed by atoms with Crippen molar-refractivity contribution in [2.75, 3.05) is 24.6 Å². The molecule has 1 atom stereocenters. The van der Waals surface area contributed by atoms with Gasteiger partial charge in [-0.3, -0.25) is 0 Å². The summed E-state index contributed by atoms with van der Waals surface area (Å²) in [6, 6.07) is 7.93. The third kappa shape index (κ3) is 3.08. The number of anilines is 1. The Morgan fingerprint density at radius 1 is 1.58 bits per heavy atom. The Morgan fingerprint density at radius 3 is 2.95 bits per heavy atom. The van der Waals surface area contributed by atoms with Crippen molar-refractivity contribution in [2.24, 2.45) is 0 Å². The third-order valence-corrected chi connectivity index (χ3v) is 3.79. The lowest BCUT2D eigenvalue weighted by atomic mass is 10.0. The second-order valence-corrected chi connectivity index (χ2v) is 6.16. The molecular weight excluding hydrogens is 308 g/mol. The zero-order valence-electron chi connectivity index (χ0n) is 11.1. The molecule has 0 bridgehead atoms. The highest BCUT2D eigenvalue weighted by Gasteiger charge is 2.34. The molecule has 0 spiro atoms. The van der Waals surface area contributed by atoms with Gasteiger partial charge in [-0.2, -0.15) is 5.26 Å². The van der Waals surface area contributed by atoms with Crippen LogP contribution in [0.15, 0.2) is 22.7 Å². The first-order valence-electron chi connectivity index (χ1n) is 6.19. The Labute approximate surface area is 121 Å². The van der Waals surface area contributed by atoms with Gasteiger partial charge in [-0.15, -0.1) is 0 Å². The Morgan fingerprint density at radius 2 is 2.32 bits per heavy atom. The molecule has 0 aromatic heterocycles.